The Kier molecular flexibility index (Phi) is 4.31. The van der Waals surface area contributed by atoms with Crippen molar-refractivity contribution in [2.75, 3.05) is 24.8 Å². The number of carboxylic acids is 1. The normalized spacial score (nSPS) is 27.6. The number of carboxylic acid groups (broad SMARTS) is 1. The van der Waals surface area contributed by atoms with Crippen LogP contribution in [0.4, 0.5) is 0 Å². The predicted octanol–water partition coefficient (Wildman–Crippen LogP) is 0.271. The Morgan fingerprint density at radius 3 is 2.79 bits per heavy atom. The fourth-order valence-corrected chi connectivity index (χ4v) is 3.29. The molecule has 14 heavy (non-hydrogen) atoms. The van der Waals surface area contributed by atoms with Crippen molar-refractivity contribution in [3.05, 3.63) is 0 Å². The number of aliphatic carboxylic acids is 1. The van der Waals surface area contributed by atoms with E-state index in [1.807, 2.05) is 0 Å². The minimum absolute atomic E-state index is 0.248. The van der Waals surface area contributed by atoms with Crippen molar-refractivity contribution in [2.45, 2.75) is 11.3 Å². The molecule has 1 saturated heterocycles. The molecule has 3 N–H and O–H groups in total. The maximum absolute atomic E-state index is 11.0. The van der Waals surface area contributed by atoms with Crippen LogP contribution in [0, 0.1) is 0 Å². The van der Waals surface area contributed by atoms with Gasteiger partial charge in [-0.1, -0.05) is 4.57 Å². The minimum Gasteiger partial charge on any atom is -0.479 e. The number of nitrogens with one attached hydrogen (secondary N) is 1. The molecule has 1 rings (SSSR count). The van der Waals surface area contributed by atoms with E-state index < -0.39 is 18.6 Å². The van der Waals surface area contributed by atoms with Crippen molar-refractivity contribution in [2.24, 2.45) is 0 Å². The summed E-state index contributed by atoms with van der Waals surface area (Å²) in [4.78, 5) is 10.00. The Bertz CT molecular complexity index is 242. The molecule has 0 aromatic rings. The monoisotopic (exact) mass is 238 g/mol. The topological polar surface area (TPSA) is 86.6 Å². The zero-order valence-corrected chi connectivity index (χ0v) is 9.31. The first-order valence-corrected chi connectivity index (χ1v) is 6.87. The Morgan fingerprint density at radius 2 is 2.36 bits per heavy atom. The SMILES string of the molecule is O=C(O)C1(CC[P+](=O)CO)NCCS1. The van der Waals surface area contributed by atoms with Gasteiger partial charge in [-0.25, -0.2) is 4.79 Å². The van der Waals surface area contributed by atoms with Crippen LogP contribution in [0.2, 0.25) is 0 Å². The van der Waals surface area contributed by atoms with Crippen molar-refractivity contribution >= 4 is 25.5 Å². The molecule has 1 aliphatic rings. The lowest BCUT2D eigenvalue weighted by molar-refractivity contribution is -0.140. The molecule has 1 aliphatic heterocycles. The third kappa shape index (κ3) is 2.67. The summed E-state index contributed by atoms with van der Waals surface area (Å²) < 4.78 is 11.0. The summed E-state index contributed by atoms with van der Waals surface area (Å²) in [6.07, 6.45) is 0.177. The zero-order chi connectivity index (χ0) is 10.6. The molecular formula is C7H13NO4PS+. The Labute approximate surface area is 87.1 Å². The molecule has 1 heterocycles. The minimum atomic E-state index is -1.66. The highest BCUT2D eigenvalue weighted by atomic mass is 32.2. The van der Waals surface area contributed by atoms with Crippen LogP contribution in [0.25, 0.3) is 0 Å². The average Bonchev–Trinajstić information content (AvgIpc) is 2.64. The van der Waals surface area contributed by atoms with Gasteiger partial charge >= 0.3 is 13.8 Å². The molecule has 0 bridgehead atoms. The number of aliphatic hydroxyl groups is 1. The standard InChI is InChI=1S/C7H12NO4PS/c9-5-13(12)3-1-7(6(10)11)8-2-4-14-7/h8-9H,1-5H2/p+1. The molecule has 7 heteroatoms. The molecule has 0 aromatic heterocycles. The zero-order valence-electron chi connectivity index (χ0n) is 7.60. The molecule has 0 aliphatic carbocycles. The van der Waals surface area contributed by atoms with Gasteiger partial charge in [0, 0.05) is 18.7 Å². The quantitative estimate of drug-likeness (QED) is 0.596. The summed E-state index contributed by atoms with van der Waals surface area (Å²) in [5.74, 6) is -0.163. The van der Waals surface area contributed by atoms with Gasteiger partial charge < -0.3 is 10.2 Å². The number of hydrogen-bond acceptors (Lipinski definition) is 5. The first-order chi connectivity index (χ1) is 6.60. The largest absolute Gasteiger partial charge is 0.479 e. The van der Waals surface area contributed by atoms with Crippen molar-refractivity contribution < 1.29 is 19.6 Å². The van der Waals surface area contributed by atoms with Crippen LogP contribution in [-0.4, -0.2) is 45.9 Å². The van der Waals surface area contributed by atoms with Crippen molar-refractivity contribution in [1.82, 2.24) is 5.32 Å². The van der Waals surface area contributed by atoms with Crippen LogP contribution in [0.1, 0.15) is 6.42 Å². The van der Waals surface area contributed by atoms with E-state index in [4.69, 9.17) is 10.2 Å². The fraction of sp³-hybridized carbons (Fsp3) is 0.857. The van der Waals surface area contributed by atoms with Crippen LogP contribution >= 0.6 is 19.6 Å². The lowest BCUT2D eigenvalue weighted by atomic mass is 10.2. The van der Waals surface area contributed by atoms with E-state index in [1.165, 1.54) is 11.8 Å². The van der Waals surface area contributed by atoms with Crippen LogP contribution in [0.3, 0.4) is 0 Å². The van der Waals surface area contributed by atoms with Gasteiger partial charge in [0.25, 0.3) is 0 Å². The van der Waals surface area contributed by atoms with Crippen LogP contribution < -0.4 is 5.32 Å². The van der Waals surface area contributed by atoms with E-state index in [1.54, 1.807) is 0 Å². The summed E-state index contributed by atoms with van der Waals surface area (Å²) >= 11 is 1.33. The first-order valence-electron chi connectivity index (χ1n) is 4.26. The molecule has 0 amide bonds. The van der Waals surface area contributed by atoms with E-state index >= 15 is 0 Å². The van der Waals surface area contributed by atoms with Crippen LogP contribution in [0.5, 0.6) is 0 Å². The number of aliphatic hydroxyl groups excluding tert-OH is 1. The van der Waals surface area contributed by atoms with Gasteiger partial charge in [0.2, 0.25) is 6.35 Å². The second kappa shape index (κ2) is 5.07. The summed E-state index contributed by atoms with van der Waals surface area (Å²) in [5, 5.41) is 20.5. The average molecular weight is 238 g/mol. The second-order valence-electron chi connectivity index (χ2n) is 3.00. The molecule has 0 radical (unpaired) electrons. The highest BCUT2D eigenvalue weighted by Crippen LogP contribution is 2.34. The number of thioether (sulfide) groups is 1. The highest BCUT2D eigenvalue weighted by Gasteiger charge is 2.43. The van der Waals surface area contributed by atoms with E-state index in [-0.39, 0.29) is 12.5 Å². The van der Waals surface area contributed by atoms with E-state index in [9.17, 15) is 9.36 Å². The van der Waals surface area contributed by atoms with Gasteiger partial charge in [0.15, 0.2) is 11.0 Å². The van der Waals surface area contributed by atoms with E-state index in [0.717, 1.165) is 5.75 Å². The molecule has 80 valence electrons. The Morgan fingerprint density at radius 1 is 1.64 bits per heavy atom. The Hall–Kier alpha value is -0.160. The summed E-state index contributed by atoms with van der Waals surface area (Å²) in [5.41, 5.74) is 0. The smallest absolute Gasteiger partial charge is 0.366 e. The molecule has 0 spiro atoms. The lowest BCUT2D eigenvalue weighted by Gasteiger charge is -2.20. The van der Waals surface area contributed by atoms with Crippen molar-refractivity contribution in [3.8, 4) is 0 Å². The Balaban J connectivity index is 2.52. The molecule has 0 aromatic carbocycles. The summed E-state index contributed by atoms with van der Waals surface area (Å²) in [6.45, 7) is 0.660. The molecule has 2 atom stereocenters. The second-order valence-corrected chi connectivity index (χ2v) is 6.09. The molecule has 0 saturated carbocycles. The summed E-state index contributed by atoms with van der Waals surface area (Å²) in [7, 11) is -1.66. The molecular weight excluding hydrogens is 225 g/mol. The first kappa shape index (κ1) is 11.9. The number of carbonyl (C=O) groups is 1. The third-order valence-electron chi connectivity index (χ3n) is 2.08. The van der Waals surface area contributed by atoms with Gasteiger partial charge in [0.1, 0.15) is 0 Å². The van der Waals surface area contributed by atoms with Gasteiger partial charge in [-0.3, -0.25) is 5.32 Å². The third-order valence-corrected chi connectivity index (χ3v) is 4.54. The number of rotatable bonds is 5. The van der Waals surface area contributed by atoms with E-state index in [0.29, 0.717) is 13.0 Å². The molecule has 1 fully saturated rings. The maximum Gasteiger partial charge on any atom is 0.366 e. The van der Waals surface area contributed by atoms with Crippen LogP contribution in [0.15, 0.2) is 0 Å². The molecule has 5 nitrogen and oxygen atoms in total. The fourth-order valence-electron chi connectivity index (χ4n) is 1.29. The van der Waals surface area contributed by atoms with Crippen molar-refractivity contribution in [1.29, 1.82) is 0 Å². The van der Waals surface area contributed by atoms with Gasteiger partial charge in [-0.2, -0.15) is 0 Å². The van der Waals surface area contributed by atoms with Crippen LogP contribution in [-0.2, 0) is 9.36 Å². The summed E-state index contributed by atoms with van der Waals surface area (Å²) in [6, 6.07) is 0. The predicted molar refractivity (Wildman–Crippen MR) is 55.0 cm³/mol. The van der Waals surface area contributed by atoms with E-state index in [2.05, 4.69) is 5.32 Å². The molecule has 2 unspecified atom stereocenters. The lowest BCUT2D eigenvalue weighted by Crippen LogP contribution is -2.45. The van der Waals surface area contributed by atoms with Gasteiger partial charge in [-0.15, -0.1) is 11.8 Å². The van der Waals surface area contributed by atoms with Gasteiger partial charge in [0.05, 0.1) is 0 Å². The van der Waals surface area contributed by atoms with Gasteiger partial charge in [-0.05, 0) is 0 Å². The maximum atomic E-state index is 11.0. The van der Waals surface area contributed by atoms with Crippen molar-refractivity contribution in [3.63, 3.8) is 0 Å². The highest BCUT2D eigenvalue weighted by molar-refractivity contribution is 8.01. The number of hydrogen-bond donors (Lipinski definition) is 3.